The zero-order valence-corrected chi connectivity index (χ0v) is 15.7. The molecular formula is C19H28N6O. The molecule has 2 aromatic rings. The molecule has 0 saturated carbocycles. The van der Waals surface area contributed by atoms with E-state index in [4.69, 9.17) is 9.40 Å². The van der Waals surface area contributed by atoms with Crippen LogP contribution >= 0.6 is 0 Å². The number of nitrogens with one attached hydrogen (secondary N) is 1. The second-order valence-electron chi connectivity index (χ2n) is 7.54. The number of hydrogen-bond donors (Lipinski definition) is 1. The van der Waals surface area contributed by atoms with Gasteiger partial charge in [-0.1, -0.05) is 0 Å². The van der Waals surface area contributed by atoms with E-state index in [0.717, 1.165) is 68.6 Å². The third-order valence-corrected chi connectivity index (χ3v) is 5.30. The summed E-state index contributed by atoms with van der Waals surface area (Å²) in [5.74, 6) is 3.85. The molecule has 1 N–H and O–H groups in total. The van der Waals surface area contributed by atoms with Crippen LogP contribution in [0.15, 0.2) is 16.8 Å². The highest BCUT2D eigenvalue weighted by Gasteiger charge is 2.23. The van der Waals surface area contributed by atoms with E-state index in [-0.39, 0.29) is 0 Å². The third kappa shape index (κ3) is 3.98. The first-order valence-corrected chi connectivity index (χ1v) is 9.63. The molecule has 0 aromatic carbocycles. The molecule has 7 heteroatoms. The van der Waals surface area contributed by atoms with Crippen LogP contribution < -0.4 is 10.2 Å². The van der Waals surface area contributed by atoms with Crippen LogP contribution in [0.25, 0.3) is 0 Å². The molecule has 4 rings (SSSR count). The topological polar surface area (TPSA) is 70.3 Å². The number of aromatic nitrogens is 3. The quantitative estimate of drug-likeness (QED) is 0.882. The summed E-state index contributed by atoms with van der Waals surface area (Å²) in [5, 5.41) is 3.56. The smallest absolute Gasteiger partial charge is 0.208 e. The van der Waals surface area contributed by atoms with Gasteiger partial charge in [-0.2, -0.15) is 0 Å². The first-order valence-electron chi connectivity index (χ1n) is 9.63. The summed E-state index contributed by atoms with van der Waals surface area (Å²) in [5.41, 5.74) is 1.20. The van der Waals surface area contributed by atoms with Gasteiger partial charge in [0.25, 0.3) is 0 Å². The minimum Gasteiger partial charge on any atom is -0.444 e. The van der Waals surface area contributed by atoms with E-state index >= 15 is 0 Å². The van der Waals surface area contributed by atoms with Gasteiger partial charge < -0.3 is 14.6 Å². The molecule has 7 nitrogen and oxygen atoms in total. The molecule has 1 fully saturated rings. The van der Waals surface area contributed by atoms with Gasteiger partial charge in [-0.05, 0) is 32.1 Å². The zero-order valence-electron chi connectivity index (χ0n) is 15.7. The minimum atomic E-state index is 0.453. The van der Waals surface area contributed by atoms with E-state index in [2.05, 4.69) is 20.2 Å². The average Bonchev–Trinajstić information content (AvgIpc) is 3.06. The fourth-order valence-corrected chi connectivity index (χ4v) is 3.78. The van der Waals surface area contributed by atoms with Crippen molar-refractivity contribution in [2.75, 3.05) is 37.4 Å². The molecule has 0 radical (unpaired) electrons. The van der Waals surface area contributed by atoms with Crippen LogP contribution in [-0.4, -0.2) is 53.1 Å². The highest BCUT2D eigenvalue weighted by atomic mass is 16.4. The van der Waals surface area contributed by atoms with Gasteiger partial charge in [-0.25, -0.2) is 15.0 Å². The molecule has 1 aliphatic carbocycles. The van der Waals surface area contributed by atoms with Crippen LogP contribution in [0, 0.1) is 0 Å². The Bertz CT molecular complexity index is 712. The van der Waals surface area contributed by atoms with Gasteiger partial charge in [-0.15, -0.1) is 0 Å². The number of oxazole rings is 1. The average molecular weight is 356 g/mol. The Kier molecular flexibility index (Phi) is 5.06. The van der Waals surface area contributed by atoms with Crippen molar-refractivity contribution in [3.8, 4) is 0 Å². The maximum atomic E-state index is 5.98. The summed E-state index contributed by atoms with van der Waals surface area (Å²) >= 11 is 0. The maximum absolute atomic E-state index is 5.98. The number of nitrogens with zero attached hydrogens (tertiary/aromatic N) is 5. The lowest BCUT2D eigenvalue weighted by atomic mass is 10.0. The number of hydrogen-bond acceptors (Lipinski definition) is 7. The standard InChI is InChI=1S/C19H28N6O/c1-24(2)18-11-17(20-13-21-18)22-14-7-9-25(10-8-14)12-19-23-15-5-3-4-6-16(15)26-19/h11,13-14H,3-10,12H2,1-2H3,(H,20,21,22). The van der Waals surface area contributed by atoms with Gasteiger partial charge in [0.1, 0.15) is 23.7 Å². The van der Waals surface area contributed by atoms with Crippen molar-refractivity contribution in [3.63, 3.8) is 0 Å². The first-order chi connectivity index (χ1) is 12.7. The number of fused-ring (bicyclic) bond motifs is 1. The highest BCUT2D eigenvalue weighted by molar-refractivity contribution is 5.47. The largest absolute Gasteiger partial charge is 0.444 e. The Morgan fingerprint density at radius 2 is 2.00 bits per heavy atom. The zero-order chi connectivity index (χ0) is 17.9. The minimum absolute atomic E-state index is 0.453. The molecular weight excluding hydrogens is 328 g/mol. The van der Waals surface area contributed by atoms with Gasteiger partial charge in [0.05, 0.1) is 12.2 Å². The summed E-state index contributed by atoms with van der Waals surface area (Å²) in [4.78, 5) is 17.8. The Hall–Kier alpha value is -2.15. The van der Waals surface area contributed by atoms with E-state index in [1.165, 1.54) is 18.5 Å². The number of aryl methyl sites for hydroxylation is 2. The van der Waals surface area contributed by atoms with Crippen molar-refractivity contribution in [3.05, 3.63) is 29.7 Å². The molecule has 0 atom stereocenters. The molecule has 0 spiro atoms. The summed E-state index contributed by atoms with van der Waals surface area (Å²) in [6.45, 7) is 2.94. The Morgan fingerprint density at radius 3 is 2.77 bits per heavy atom. The van der Waals surface area contributed by atoms with Crippen LogP contribution in [0.3, 0.4) is 0 Å². The fraction of sp³-hybridized carbons (Fsp3) is 0.632. The Balaban J connectivity index is 1.29. The third-order valence-electron chi connectivity index (χ3n) is 5.30. The normalized spacial score (nSPS) is 18.5. The van der Waals surface area contributed by atoms with Crippen molar-refractivity contribution in [2.45, 2.75) is 51.1 Å². The van der Waals surface area contributed by atoms with Crippen LogP contribution in [0.1, 0.15) is 43.0 Å². The second kappa shape index (κ2) is 7.61. The predicted molar refractivity (Wildman–Crippen MR) is 101 cm³/mol. The molecule has 0 unspecified atom stereocenters. The highest BCUT2D eigenvalue weighted by Crippen LogP contribution is 2.23. The second-order valence-corrected chi connectivity index (χ2v) is 7.54. The lowest BCUT2D eigenvalue weighted by molar-refractivity contribution is 0.192. The van der Waals surface area contributed by atoms with Crippen LogP contribution in [0.2, 0.25) is 0 Å². The van der Waals surface area contributed by atoms with Crippen molar-refractivity contribution >= 4 is 11.6 Å². The molecule has 1 saturated heterocycles. The van der Waals surface area contributed by atoms with Crippen molar-refractivity contribution in [2.24, 2.45) is 0 Å². The van der Waals surface area contributed by atoms with E-state index < -0.39 is 0 Å². The molecule has 1 aliphatic heterocycles. The van der Waals surface area contributed by atoms with E-state index in [1.807, 2.05) is 25.1 Å². The summed E-state index contributed by atoms with van der Waals surface area (Å²) in [6.07, 6.45) is 8.44. The first kappa shape index (κ1) is 17.3. The Morgan fingerprint density at radius 1 is 1.19 bits per heavy atom. The molecule has 26 heavy (non-hydrogen) atoms. The fourth-order valence-electron chi connectivity index (χ4n) is 3.78. The summed E-state index contributed by atoms with van der Waals surface area (Å²) in [7, 11) is 3.98. The molecule has 140 valence electrons. The van der Waals surface area contributed by atoms with Gasteiger partial charge in [0.2, 0.25) is 5.89 Å². The number of piperidine rings is 1. The van der Waals surface area contributed by atoms with Gasteiger partial charge in [0, 0.05) is 45.7 Å². The molecule has 0 amide bonds. The number of likely N-dealkylation sites (tertiary alicyclic amines) is 1. The van der Waals surface area contributed by atoms with Crippen LogP contribution in [0.4, 0.5) is 11.6 Å². The Labute approximate surface area is 154 Å². The predicted octanol–water partition coefficient (Wildman–Crippen LogP) is 2.49. The number of rotatable bonds is 5. The van der Waals surface area contributed by atoms with Gasteiger partial charge >= 0.3 is 0 Å². The van der Waals surface area contributed by atoms with Gasteiger partial charge in [-0.3, -0.25) is 4.90 Å². The monoisotopic (exact) mass is 356 g/mol. The van der Waals surface area contributed by atoms with E-state index in [0.29, 0.717) is 6.04 Å². The molecule has 2 aromatic heterocycles. The maximum Gasteiger partial charge on any atom is 0.208 e. The van der Waals surface area contributed by atoms with Gasteiger partial charge in [0.15, 0.2) is 0 Å². The van der Waals surface area contributed by atoms with E-state index in [1.54, 1.807) is 6.33 Å². The van der Waals surface area contributed by atoms with Crippen LogP contribution in [-0.2, 0) is 19.4 Å². The SMILES string of the molecule is CN(C)c1cc(NC2CCN(Cc3nc4c(o3)CCCC4)CC2)ncn1. The van der Waals surface area contributed by atoms with Crippen molar-refractivity contribution < 1.29 is 4.42 Å². The van der Waals surface area contributed by atoms with Crippen molar-refractivity contribution in [1.29, 1.82) is 0 Å². The van der Waals surface area contributed by atoms with E-state index in [9.17, 15) is 0 Å². The molecule has 0 bridgehead atoms. The lowest BCUT2D eigenvalue weighted by Gasteiger charge is -2.31. The molecule has 3 heterocycles. The summed E-state index contributed by atoms with van der Waals surface area (Å²) in [6, 6.07) is 2.46. The molecule has 2 aliphatic rings. The van der Waals surface area contributed by atoms with Crippen molar-refractivity contribution in [1.82, 2.24) is 19.9 Å². The lowest BCUT2D eigenvalue weighted by Crippen LogP contribution is -2.38. The van der Waals surface area contributed by atoms with Crippen LogP contribution in [0.5, 0.6) is 0 Å². The summed E-state index contributed by atoms with van der Waals surface area (Å²) < 4.78 is 5.98. The number of anilines is 2.